The van der Waals surface area contributed by atoms with Crippen LogP contribution in [0.5, 0.6) is 0 Å². The van der Waals surface area contributed by atoms with Crippen LogP contribution in [0.3, 0.4) is 0 Å². The summed E-state index contributed by atoms with van der Waals surface area (Å²) in [5, 5.41) is 26.4. The lowest BCUT2D eigenvalue weighted by molar-refractivity contribution is 0.0186. The Hall–Kier alpha value is -0.175. The maximum absolute atomic E-state index is 9.11. The van der Waals surface area contributed by atoms with Crippen LogP contribution in [0.2, 0.25) is 0 Å². The van der Waals surface area contributed by atoms with Crippen molar-refractivity contribution in [2.75, 3.05) is 33.5 Å². The first-order valence-corrected chi connectivity index (χ1v) is 4.32. The molecular formula is C7H17BO6. The van der Waals surface area contributed by atoms with E-state index in [2.05, 4.69) is 4.74 Å². The van der Waals surface area contributed by atoms with E-state index in [1.807, 2.05) is 0 Å². The molecule has 0 spiro atoms. The number of methoxy groups -OCH3 is 1. The monoisotopic (exact) mass is 208 g/mol. The van der Waals surface area contributed by atoms with Crippen molar-refractivity contribution < 1.29 is 29.4 Å². The van der Waals surface area contributed by atoms with Crippen LogP contribution in [-0.2, 0) is 14.0 Å². The van der Waals surface area contributed by atoms with Crippen LogP contribution in [0.4, 0.5) is 0 Å². The van der Waals surface area contributed by atoms with Gasteiger partial charge in [-0.25, -0.2) is 0 Å². The fourth-order valence-electron chi connectivity index (χ4n) is 0.720. The van der Waals surface area contributed by atoms with Gasteiger partial charge in [0.2, 0.25) is 0 Å². The second-order valence-corrected chi connectivity index (χ2v) is 2.80. The van der Waals surface area contributed by atoms with Crippen molar-refractivity contribution >= 4 is 7.69 Å². The normalized spacial score (nSPS) is 15.1. The van der Waals surface area contributed by atoms with Crippen LogP contribution in [-0.4, -0.2) is 68.7 Å². The van der Waals surface area contributed by atoms with E-state index in [1.165, 1.54) is 7.11 Å². The van der Waals surface area contributed by atoms with Gasteiger partial charge in [-0.05, 0) is 0 Å². The van der Waals surface area contributed by atoms with Crippen molar-refractivity contribution in [1.82, 2.24) is 0 Å². The van der Waals surface area contributed by atoms with Gasteiger partial charge < -0.3 is 29.4 Å². The molecule has 0 rings (SSSR count). The summed E-state index contributed by atoms with van der Waals surface area (Å²) >= 11 is 0. The maximum Gasteiger partial charge on any atom is 0.438 e. The first-order chi connectivity index (χ1) is 6.70. The highest BCUT2D eigenvalue weighted by Gasteiger charge is 2.05. The molecule has 0 aromatic rings. The van der Waals surface area contributed by atoms with E-state index in [9.17, 15) is 0 Å². The van der Waals surface area contributed by atoms with E-state index in [1.54, 1.807) is 0 Å². The van der Waals surface area contributed by atoms with Gasteiger partial charge in [0.1, 0.15) is 0 Å². The Balaban J connectivity index is 3.13. The summed E-state index contributed by atoms with van der Waals surface area (Å²) in [4.78, 5) is 0. The Labute approximate surface area is 83.7 Å². The SMILES string of the molecule is COCC(O)COBOCC(O)CO. The van der Waals surface area contributed by atoms with Gasteiger partial charge >= 0.3 is 7.69 Å². The van der Waals surface area contributed by atoms with E-state index in [-0.39, 0.29) is 34.1 Å². The van der Waals surface area contributed by atoms with Gasteiger partial charge in [-0.2, -0.15) is 0 Å². The molecule has 84 valence electrons. The second kappa shape index (κ2) is 9.38. The zero-order chi connectivity index (χ0) is 10.8. The van der Waals surface area contributed by atoms with Gasteiger partial charge in [0.05, 0.1) is 38.6 Å². The van der Waals surface area contributed by atoms with Crippen LogP contribution in [0, 0.1) is 0 Å². The zero-order valence-electron chi connectivity index (χ0n) is 8.26. The number of ether oxygens (including phenoxy) is 1. The van der Waals surface area contributed by atoms with Gasteiger partial charge in [0.15, 0.2) is 0 Å². The van der Waals surface area contributed by atoms with E-state index < -0.39 is 12.2 Å². The topological polar surface area (TPSA) is 88.4 Å². The van der Waals surface area contributed by atoms with Crippen LogP contribution in [0.15, 0.2) is 0 Å². The number of aliphatic hydroxyl groups excluding tert-OH is 3. The lowest BCUT2D eigenvalue weighted by Crippen LogP contribution is -2.25. The average Bonchev–Trinajstić information content (AvgIpc) is 2.17. The van der Waals surface area contributed by atoms with E-state index in [0.717, 1.165) is 0 Å². The number of aliphatic hydroxyl groups is 3. The Morgan fingerprint density at radius 3 is 2.14 bits per heavy atom. The number of hydrogen-bond acceptors (Lipinski definition) is 6. The van der Waals surface area contributed by atoms with Crippen molar-refractivity contribution in [3.63, 3.8) is 0 Å². The summed E-state index contributed by atoms with van der Waals surface area (Å²) in [5.41, 5.74) is 0. The molecule has 7 heteroatoms. The highest BCUT2D eigenvalue weighted by Crippen LogP contribution is 1.87. The molecule has 0 aliphatic heterocycles. The molecular weight excluding hydrogens is 191 g/mol. The molecule has 2 unspecified atom stereocenters. The molecule has 0 amide bonds. The van der Waals surface area contributed by atoms with Crippen molar-refractivity contribution in [3.8, 4) is 0 Å². The number of hydrogen-bond donors (Lipinski definition) is 3. The summed E-state index contributed by atoms with van der Waals surface area (Å²) in [5.74, 6) is 0. The molecule has 0 aromatic heterocycles. The van der Waals surface area contributed by atoms with Gasteiger partial charge in [0.25, 0.3) is 0 Å². The van der Waals surface area contributed by atoms with E-state index in [4.69, 9.17) is 24.6 Å². The van der Waals surface area contributed by atoms with Gasteiger partial charge in [-0.3, -0.25) is 0 Å². The molecule has 0 aliphatic rings. The molecule has 0 aromatic carbocycles. The molecule has 6 nitrogen and oxygen atoms in total. The molecule has 0 aliphatic carbocycles. The van der Waals surface area contributed by atoms with Crippen molar-refractivity contribution in [2.45, 2.75) is 12.2 Å². The predicted octanol–water partition coefficient (Wildman–Crippen LogP) is -2.35. The Bertz CT molecular complexity index is 125. The smallest absolute Gasteiger partial charge is 0.411 e. The fraction of sp³-hybridized carbons (Fsp3) is 1.00. The maximum atomic E-state index is 9.11. The van der Waals surface area contributed by atoms with E-state index >= 15 is 0 Å². The van der Waals surface area contributed by atoms with Crippen LogP contribution < -0.4 is 0 Å². The Morgan fingerprint density at radius 2 is 1.64 bits per heavy atom. The molecule has 0 saturated carbocycles. The standard InChI is InChI=1S/C7H17BO6/c1-12-3-7(11)5-14-8-13-4-6(10)2-9/h6-11H,2-5H2,1H3. The molecule has 14 heavy (non-hydrogen) atoms. The fourth-order valence-corrected chi connectivity index (χ4v) is 0.720. The van der Waals surface area contributed by atoms with Gasteiger partial charge in [0, 0.05) is 7.11 Å². The molecule has 0 bridgehead atoms. The second-order valence-electron chi connectivity index (χ2n) is 2.80. The summed E-state index contributed by atoms with van der Waals surface area (Å²) in [6, 6.07) is 0. The highest BCUT2D eigenvalue weighted by atomic mass is 16.6. The molecule has 0 heterocycles. The molecule has 2 atom stereocenters. The average molecular weight is 208 g/mol. The minimum absolute atomic E-state index is 0.0108. The largest absolute Gasteiger partial charge is 0.438 e. The van der Waals surface area contributed by atoms with Crippen LogP contribution in [0.1, 0.15) is 0 Å². The Kier molecular flexibility index (Phi) is 9.27. The summed E-state index contributed by atoms with van der Waals surface area (Å²) < 4.78 is 14.4. The number of rotatable bonds is 9. The highest BCUT2D eigenvalue weighted by molar-refractivity contribution is 6.17. The van der Waals surface area contributed by atoms with Crippen molar-refractivity contribution in [2.24, 2.45) is 0 Å². The molecule has 0 fully saturated rings. The lowest BCUT2D eigenvalue weighted by atomic mass is 10.3. The van der Waals surface area contributed by atoms with Gasteiger partial charge in [-0.15, -0.1) is 0 Å². The Morgan fingerprint density at radius 1 is 1.07 bits per heavy atom. The molecule has 3 N–H and O–H groups in total. The first kappa shape index (κ1) is 13.8. The third-order valence-corrected chi connectivity index (χ3v) is 1.36. The minimum atomic E-state index is -0.887. The van der Waals surface area contributed by atoms with Crippen molar-refractivity contribution in [1.29, 1.82) is 0 Å². The zero-order valence-corrected chi connectivity index (χ0v) is 8.26. The van der Waals surface area contributed by atoms with Gasteiger partial charge in [-0.1, -0.05) is 0 Å². The summed E-state index contributed by atoms with van der Waals surface area (Å²) in [6.07, 6.45) is -1.56. The van der Waals surface area contributed by atoms with E-state index in [0.29, 0.717) is 0 Å². The summed E-state index contributed by atoms with van der Waals surface area (Å²) in [6.45, 7) is -0.00843. The quantitative estimate of drug-likeness (QED) is 0.290. The predicted molar refractivity (Wildman–Crippen MR) is 50.0 cm³/mol. The molecule has 0 radical (unpaired) electrons. The molecule has 0 saturated heterocycles. The lowest BCUT2D eigenvalue weighted by Gasteiger charge is -2.10. The third kappa shape index (κ3) is 8.42. The van der Waals surface area contributed by atoms with Crippen molar-refractivity contribution in [3.05, 3.63) is 0 Å². The van der Waals surface area contributed by atoms with Crippen LogP contribution >= 0.6 is 0 Å². The minimum Gasteiger partial charge on any atom is -0.411 e. The van der Waals surface area contributed by atoms with Crippen LogP contribution in [0.25, 0.3) is 0 Å². The first-order valence-electron chi connectivity index (χ1n) is 4.32. The summed E-state index contributed by atoms with van der Waals surface area (Å²) in [7, 11) is 1.45. The third-order valence-electron chi connectivity index (χ3n) is 1.36.